The molecule has 0 heterocycles. The van der Waals surface area contributed by atoms with Crippen LogP contribution in [-0.4, -0.2) is 22.5 Å². The van der Waals surface area contributed by atoms with Gasteiger partial charge in [0.25, 0.3) is 0 Å². The van der Waals surface area contributed by atoms with Crippen molar-refractivity contribution < 1.29 is 14.6 Å². The molecule has 0 spiro atoms. The molecular formula is C18H23FO2. The van der Waals surface area contributed by atoms with Gasteiger partial charge in [-0.2, -0.15) is 0 Å². The molecule has 0 amide bonds. The third-order valence-corrected chi connectivity index (χ3v) is 6.61. The van der Waals surface area contributed by atoms with Crippen molar-refractivity contribution in [3.63, 3.8) is 0 Å². The Kier molecular flexibility index (Phi) is 2.88. The van der Waals surface area contributed by atoms with Crippen LogP contribution in [0.3, 0.4) is 0 Å². The number of hydrogen-bond donors (Lipinski definition) is 2. The van der Waals surface area contributed by atoms with E-state index in [1.165, 1.54) is 11.1 Å². The van der Waals surface area contributed by atoms with E-state index in [4.69, 9.17) is 0 Å². The molecule has 2 N–H and O–H groups in total. The van der Waals surface area contributed by atoms with Crippen LogP contribution in [0.25, 0.3) is 0 Å². The largest absolute Gasteiger partial charge is 0.508 e. The van der Waals surface area contributed by atoms with E-state index in [1.807, 2.05) is 12.1 Å². The number of aromatic hydroxyl groups is 1. The molecule has 2 unspecified atom stereocenters. The van der Waals surface area contributed by atoms with Crippen LogP contribution in [0.4, 0.5) is 4.39 Å². The zero-order valence-electron chi connectivity index (χ0n) is 12.4. The van der Waals surface area contributed by atoms with Crippen LogP contribution < -0.4 is 0 Å². The van der Waals surface area contributed by atoms with Gasteiger partial charge in [0.2, 0.25) is 0 Å². The number of aryl methyl sites for hydroxylation is 1. The van der Waals surface area contributed by atoms with Gasteiger partial charge in [0.1, 0.15) is 11.9 Å². The number of phenols is 1. The van der Waals surface area contributed by atoms with Gasteiger partial charge in [-0.25, -0.2) is 4.39 Å². The molecule has 0 bridgehead atoms. The van der Waals surface area contributed by atoms with Gasteiger partial charge in [0.15, 0.2) is 0 Å². The van der Waals surface area contributed by atoms with Crippen LogP contribution in [0.15, 0.2) is 18.2 Å². The maximum atomic E-state index is 14.6. The van der Waals surface area contributed by atoms with E-state index < -0.39 is 12.3 Å². The van der Waals surface area contributed by atoms with Gasteiger partial charge in [0.05, 0.1) is 6.10 Å². The number of aliphatic hydroxyl groups is 1. The average Bonchev–Trinajstić information content (AvgIpc) is 2.68. The number of phenolic OH excluding ortho intramolecular Hbond substituents is 1. The van der Waals surface area contributed by atoms with Crippen molar-refractivity contribution in [3.05, 3.63) is 29.3 Å². The predicted molar refractivity (Wildman–Crippen MR) is 79.0 cm³/mol. The summed E-state index contributed by atoms with van der Waals surface area (Å²) >= 11 is 0. The summed E-state index contributed by atoms with van der Waals surface area (Å²) in [5.41, 5.74) is 2.29. The quantitative estimate of drug-likeness (QED) is 0.766. The first kappa shape index (κ1) is 13.6. The summed E-state index contributed by atoms with van der Waals surface area (Å²) in [7, 11) is 0. The molecule has 6 atom stereocenters. The van der Waals surface area contributed by atoms with Gasteiger partial charge >= 0.3 is 0 Å². The first-order valence-electron chi connectivity index (χ1n) is 8.14. The van der Waals surface area contributed by atoms with Crippen molar-refractivity contribution in [1.82, 2.24) is 0 Å². The normalized spacial score (nSPS) is 44.8. The fourth-order valence-corrected chi connectivity index (χ4v) is 5.55. The summed E-state index contributed by atoms with van der Waals surface area (Å²) in [5, 5.41) is 20.0. The highest BCUT2D eigenvalue weighted by Gasteiger charge is 2.58. The standard InChI is InChI=1S/C18H23FO2/c1-18-7-6-13-12-5-3-11(20)8-10(12)2-4-14(13)17(18)15(19)9-16(18)21/h3,5,8,13-17,20-21H,2,4,6-7,9H2,1H3/t13-,14-,15?,16?,17-,18-/m1/s1/i19-1. The summed E-state index contributed by atoms with van der Waals surface area (Å²) in [4.78, 5) is 0. The number of hydrogen-bond acceptors (Lipinski definition) is 2. The highest BCUT2D eigenvalue weighted by atomic mass is 18.2. The first-order chi connectivity index (χ1) is 10.0. The van der Waals surface area contributed by atoms with E-state index in [1.54, 1.807) is 6.07 Å². The Morgan fingerprint density at radius 2 is 2.10 bits per heavy atom. The molecule has 1 aromatic carbocycles. The summed E-state index contributed by atoms with van der Waals surface area (Å²) in [6.07, 6.45) is 2.79. The topological polar surface area (TPSA) is 40.5 Å². The van der Waals surface area contributed by atoms with Gasteiger partial charge in [-0.15, -0.1) is 0 Å². The van der Waals surface area contributed by atoms with Gasteiger partial charge in [0, 0.05) is 12.3 Å². The minimum absolute atomic E-state index is 0.00629. The van der Waals surface area contributed by atoms with E-state index in [0.29, 0.717) is 24.0 Å². The smallest absolute Gasteiger partial charge is 0.115 e. The van der Waals surface area contributed by atoms with Gasteiger partial charge < -0.3 is 10.2 Å². The maximum Gasteiger partial charge on any atom is 0.115 e. The Morgan fingerprint density at radius 1 is 1.29 bits per heavy atom. The Bertz CT molecular complexity index is 572. The van der Waals surface area contributed by atoms with Crippen molar-refractivity contribution in [2.75, 3.05) is 0 Å². The van der Waals surface area contributed by atoms with E-state index >= 15 is 0 Å². The second kappa shape index (κ2) is 4.45. The summed E-state index contributed by atoms with van der Waals surface area (Å²) in [5.74, 6) is 1.06. The SMILES string of the molecule is C[C@]12CC[C@@H]3c4ccc(O)cc4CC[C@H]3[C@@H]1C([18F])CC2O. The van der Waals surface area contributed by atoms with Crippen LogP contribution in [0.5, 0.6) is 5.75 Å². The predicted octanol–water partition coefficient (Wildman–Crippen LogP) is 3.56. The Balaban J connectivity index is 1.73. The van der Waals surface area contributed by atoms with E-state index in [0.717, 1.165) is 25.7 Å². The van der Waals surface area contributed by atoms with Crippen LogP contribution in [0.1, 0.15) is 49.7 Å². The van der Waals surface area contributed by atoms with E-state index in [-0.39, 0.29) is 11.3 Å². The number of rotatable bonds is 0. The van der Waals surface area contributed by atoms with Crippen LogP contribution in [0.2, 0.25) is 0 Å². The van der Waals surface area contributed by atoms with Gasteiger partial charge in [-0.1, -0.05) is 13.0 Å². The summed E-state index contributed by atoms with van der Waals surface area (Å²) in [6, 6.07) is 5.66. The second-order valence-electron chi connectivity index (χ2n) is 7.53. The lowest BCUT2D eigenvalue weighted by molar-refractivity contribution is -0.0328. The number of fused-ring (bicyclic) bond motifs is 5. The number of alkyl halides is 1. The third kappa shape index (κ3) is 1.79. The molecule has 3 aliphatic rings. The lowest BCUT2D eigenvalue weighted by Crippen LogP contribution is -2.45. The molecule has 3 aliphatic carbocycles. The molecule has 0 aromatic heterocycles. The van der Waals surface area contributed by atoms with Crippen molar-refractivity contribution >= 4 is 0 Å². The second-order valence-corrected chi connectivity index (χ2v) is 7.53. The fraction of sp³-hybridized carbons (Fsp3) is 0.667. The molecule has 21 heavy (non-hydrogen) atoms. The van der Waals surface area contributed by atoms with E-state index in [2.05, 4.69) is 6.92 Å². The molecule has 2 saturated carbocycles. The Morgan fingerprint density at radius 3 is 2.90 bits per heavy atom. The average molecular weight is 289 g/mol. The number of halogens is 1. The zero-order valence-corrected chi connectivity index (χ0v) is 12.4. The molecule has 0 aliphatic heterocycles. The lowest BCUT2D eigenvalue weighted by Gasteiger charge is -2.50. The lowest BCUT2D eigenvalue weighted by atomic mass is 9.55. The van der Waals surface area contributed by atoms with Gasteiger partial charge in [-0.3, -0.25) is 0 Å². The van der Waals surface area contributed by atoms with Crippen LogP contribution in [-0.2, 0) is 6.42 Å². The molecule has 1 aromatic rings. The molecule has 2 nitrogen and oxygen atoms in total. The molecule has 0 radical (unpaired) electrons. The first-order valence-corrected chi connectivity index (χ1v) is 8.14. The fourth-order valence-electron chi connectivity index (χ4n) is 5.55. The highest BCUT2D eigenvalue weighted by Crippen LogP contribution is 2.61. The minimum atomic E-state index is -0.864. The van der Waals surface area contributed by atoms with E-state index in [9.17, 15) is 14.6 Å². The molecule has 0 saturated heterocycles. The molecule has 4 rings (SSSR count). The monoisotopic (exact) mass is 289 g/mol. The van der Waals surface area contributed by atoms with Crippen molar-refractivity contribution in [3.8, 4) is 5.75 Å². The Hall–Kier alpha value is -1.09. The van der Waals surface area contributed by atoms with Crippen LogP contribution >= 0.6 is 0 Å². The molecule has 3 heteroatoms. The maximum absolute atomic E-state index is 14.6. The highest BCUT2D eigenvalue weighted by molar-refractivity contribution is 5.40. The van der Waals surface area contributed by atoms with Crippen molar-refractivity contribution in [2.24, 2.45) is 17.3 Å². The number of benzene rings is 1. The zero-order chi connectivity index (χ0) is 14.8. The van der Waals surface area contributed by atoms with Gasteiger partial charge in [-0.05, 0) is 66.2 Å². The van der Waals surface area contributed by atoms with Crippen LogP contribution in [0, 0.1) is 17.3 Å². The molecule has 114 valence electrons. The van der Waals surface area contributed by atoms with Crippen molar-refractivity contribution in [2.45, 2.75) is 57.2 Å². The van der Waals surface area contributed by atoms with Crippen molar-refractivity contribution in [1.29, 1.82) is 0 Å². The molecule has 2 fully saturated rings. The molecular weight excluding hydrogens is 266 g/mol. The third-order valence-electron chi connectivity index (χ3n) is 6.61. The minimum Gasteiger partial charge on any atom is -0.508 e. The Labute approximate surface area is 125 Å². The number of aliphatic hydroxyl groups excluding tert-OH is 1. The summed E-state index contributed by atoms with van der Waals surface area (Å²) in [6.45, 7) is 2.09. The summed E-state index contributed by atoms with van der Waals surface area (Å²) < 4.78 is 14.6.